The van der Waals surface area contributed by atoms with Gasteiger partial charge in [-0.3, -0.25) is 9.59 Å². The van der Waals surface area contributed by atoms with Crippen LogP contribution < -0.4 is 5.32 Å². The van der Waals surface area contributed by atoms with Crippen LogP contribution in [-0.4, -0.2) is 64.2 Å². The highest BCUT2D eigenvalue weighted by Crippen LogP contribution is 2.22. The molecule has 2 atom stereocenters. The Morgan fingerprint density at radius 1 is 1.21 bits per heavy atom. The third kappa shape index (κ3) is 6.38. The van der Waals surface area contributed by atoms with Crippen LogP contribution in [-0.2, 0) is 9.59 Å². The molecular formula is C20H30N2O6Si. The number of likely N-dealkylation sites (tertiary alicyclic amines) is 1. The van der Waals surface area contributed by atoms with E-state index < -0.39 is 38.1 Å². The molecule has 0 radical (unpaired) electrons. The molecule has 2 rings (SSSR count). The van der Waals surface area contributed by atoms with E-state index in [1.54, 1.807) is 30.3 Å². The summed E-state index contributed by atoms with van der Waals surface area (Å²) >= 11 is 0. The molecule has 0 aromatic heterocycles. The zero-order chi connectivity index (χ0) is 21.6. The van der Waals surface area contributed by atoms with Gasteiger partial charge < -0.3 is 24.9 Å². The van der Waals surface area contributed by atoms with Gasteiger partial charge in [-0.25, -0.2) is 4.79 Å². The van der Waals surface area contributed by atoms with Crippen LogP contribution in [0.15, 0.2) is 30.3 Å². The number of carboxylic acid groups (broad SMARTS) is 1. The fourth-order valence-corrected chi connectivity index (χ4v) is 5.74. The van der Waals surface area contributed by atoms with Gasteiger partial charge in [0.2, 0.25) is 5.91 Å². The highest BCUT2D eigenvalue weighted by atomic mass is 28.4. The number of carbonyl (C=O) groups excluding carboxylic acids is 2. The molecule has 1 fully saturated rings. The Kier molecular flexibility index (Phi) is 7.94. The van der Waals surface area contributed by atoms with E-state index >= 15 is 0 Å². The van der Waals surface area contributed by atoms with Crippen LogP contribution in [0.4, 0.5) is 0 Å². The molecule has 8 nitrogen and oxygen atoms in total. The molecule has 0 spiro atoms. The van der Waals surface area contributed by atoms with Crippen LogP contribution in [0.1, 0.15) is 49.9 Å². The van der Waals surface area contributed by atoms with Gasteiger partial charge in [-0.2, -0.15) is 0 Å². The lowest BCUT2D eigenvalue weighted by Crippen LogP contribution is -2.58. The van der Waals surface area contributed by atoms with Crippen LogP contribution in [0, 0.1) is 5.92 Å². The normalized spacial score (nSPS) is 18.0. The summed E-state index contributed by atoms with van der Waals surface area (Å²) in [7, 11) is -3.98. The van der Waals surface area contributed by atoms with Crippen LogP contribution in [0.3, 0.4) is 0 Å². The third-order valence-electron chi connectivity index (χ3n) is 5.17. The Labute approximate surface area is 171 Å². The second-order valence-corrected chi connectivity index (χ2v) is 10.9. The molecule has 0 saturated carbocycles. The van der Waals surface area contributed by atoms with Crippen molar-refractivity contribution in [3.8, 4) is 0 Å². The first-order valence-corrected chi connectivity index (χ1v) is 12.1. The van der Waals surface area contributed by atoms with Crippen molar-refractivity contribution < 1.29 is 29.1 Å². The van der Waals surface area contributed by atoms with E-state index in [1.807, 2.05) is 13.8 Å². The van der Waals surface area contributed by atoms with Crippen LogP contribution in [0.25, 0.3) is 0 Å². The summed E-state index contributed by atoms with van der Waals surface area (Å²) in [4.78, 5) is 59.1. The minimum absolute atomic E-state index is 0.105. The largest absolute Gasteiger partial charge is 0.480 e. The molecule has 4 N–H and O–H groups in total. The van der Waals surface area contributed by atoms with Crippen LogP contribution >= 0.6 is 0 Å². The molecule has 1 aliphatic rings. The fourth-order valence-electron chi connectivity index (χ4n) is 3.60. The monoisotopic (exact) mass is 422 g/mol. The number of nitrogens with one attached hydrogen (secondary N) is 1. The van der Waals surface area contributed by atoms with Crippen molar-refractivity contribution in [3.63, 3.8) is 0 Å². The third-order valence-corrected chi connectivity index (χ3v) is 7.65. The Bertz CT molecular complexity index is 725. The predicted octanol–water partition coefficient (Wildman–Crippen LogP) is 1.26. The van der Waals surface area contributed by atoms with Crippen molar-refractivity contribution >= 4 is 26.3 Å². The zero-order valence-corrected chi connectivity index (χ0v) is 17.9. The lowest BCUT2D eigenvalue weighted by molar-refractivity contribution is -0.148. The molecule has 1 aliphatic heterocycles. The number of rotatable bonds is 9. The number of carboxylic acids is 1. The van der Waals surface area contributed by atoms with Crippen LogP contribution in [0.5, 0.6) is 0 Å². The van der Waals surface area contributed by atoms with Gasteiger partial charge in [0.05, 0.1) is 5.67 Å². The van der Waals surface area contributed by atoms with E-state index in [0.29, 0.717) is 31.4 Å². The topological polar surface area (TPSA) is 127 Å². The SMILES string of the molecule is CC(C)CC(NC(=O)c1ccccc1)[Si](O)(O)CCC(=O)N1CCC[C@H]1C(=O)O. The summed E-state index contributed by atoms with van der Waals surface area (Å²) in [5.41, 5.74) is -0.416. The summed E-state index contributed by atoms with van der Waals surface area (Å²) in [6, 6.07) is 7.51. The Morgan fingerprint density at radius 2 is 1.86 bits per heavy atom. The van der Waals surface area contributed by atoms with E-state index in [4.69, 9.17) is 0 Å². The molecule has 1 heterocycles. The molecule has 2 amide bonds. The molecule has 1 aromatic rings. The van der Waals surface area contributed by atoms with E-state index in [-0.39, 0.29) is 18.4 Å². The smallest absolute Gasteiger partial charge is 0.356 e. The maximum atomic E-state index is 12.5. The lowest BCUT2D eigenvalue weighted by atomic mass is 10.1. The minimum atomic E-state index is -3.98. The molecule has 1 unspecified atom stereocenters. The van der Waals surface area contributed by atoms with Crippen LogP contribution in [0.2, 0.25) is 6.04 Å². The maximum absolute atomic E-state index is 12.5. The highest BCUT2D eigenvalue weighted by Gasteiger charge is 2.42. The number of hydrogen-bond donors (Lipinski definition) is 4. The molecular weight excluding hydrogens is 392 g/mol. The Hall–Kier alpha value is -2.23. The van der Waals surface area contributed by atoms with Gasteiger partial charge in [-0.05, 0) is 37.3 Å². The van der Waals surface area contributed by atoms with Crippen molar-refractivity contribution in [3.05, 3.63) is 35.9 Å². The molecule has 1 saturated heterocycles. The van der Waals surface area contributed by atoms with E-state index in [9.17, 15) is 29.1 Å². The van der Waals surface area contributed by atoms with Gasteiger partial charge in [0.15, 0.2) is 0 Å². The number of amides is 2. The second-order valence-electron chi connectivity index (χ2n) is 7.98. The van der Waals surface area contributed by atoms with Crippen molar-refractivity contribution in [2.75, 3.05) is 6.54 Å². The van der Waals surface area contributed by atoms with Gasteiger partial charge in [0.1, 0.15) is 6.04 Å². The number of benzene rings is 1. The quantitative estimate of drug-likeness (QED) is 0.444. The first kappa shape index (κ1) is 23.0. The van der Waals surface area contributed by atoms with E-state index in [0.717, 1.165) is 0 Å². The highest BCUT2D eigenvalue weighted by molar-refractivity contribution is 6.66. The zero-order valence-electron chi connectivity index (χ0n) is 16.9. The average molecular weight is 423 g/mol. The average Bonchev–Trinajstić information content (AvgIpc) is 3.16. The summed E-state index contributed by atoms with van der Waals surface area (Å²) in [6.45, 7) is 4.19. The molecule has 160 valence electrons. The standard InChI is InChI=1S/C20H30N2O6Si/c1-14(2)13-17(21-19(24)15-7-4-3-5-8-15)29(27,28)12-10-18(23)22-11-6-9-16(22)20(25)26/h3-5,7-8,14,16-17,27-28H,6,9-13H2,1-2H3,(H,21,24)(H,25,26)/t16-,17?/m0/s1. The van der Waals surface area contributed by atoms with E-state index in [1.165, 1.54) is 4.90 Å². The van der Waals surface area contributed by atoms with Gasteiger partial charge >= 0.3 is 14.5 Å². The predicted molar refractivity (Wildman–Crippen MR) is 109 cm³/mol. The summed E-state index contributed by atoms with van der Waals surface area (Å²) in [6.07, 6.45) is 1.24. The molecule has 9 heteroatoms. The van der Waals surface area contributed by atoms with Gasteiger partial charge in [0, 0.05) is 24.6 Å². The number of aliphatic carboxylic acids is 1. The first-order chi connectivity index (χ1) is 13.6. The summed E-state index contributed by atoms with van der Waals surface area (Å²) < 4.78 is 0. The maximum Gasteiger partial charge on any atom is 0.356 e. The Morgan fingerprint density at radius 3 is 2.45 bits per heavy atom. The molecule has 29 heavy (non-hydrogen) atoms. The summed E-state index contributed by atoms with van der Waals surface area (Å²) in [5, 5.41) is 12.0. The fraction of sp³-hybridized carbons (Fsp3) is 0.550. The Balaban J connectivity index is 2.04. The van der Waals surface area contributed by atoms with Crippen molar-refractivity contribution in [1.29, 1.82) is 0 Å². The first-order valence-electron chi connectivity index (χ1n) is 9.94. The van der Waals surface area contributed by atoms with Crippen molar-refractivity contribution in [2.45, 2.75) is 57.3 Å². The number of nitrogens with zero attached hydrogens (tertiary/aromatic N) is 1. The van der Waals surface area contributed by atoms with Gasteiger partial charge in [-0.1, -0.05) is 32.0 Å². The van der Waals surface area contributed by atoms with Gasteiger partial charge in [-0.15, -0.1) is 0 Å². The number of carbonyl (C=O) groups is 3. The lowest BCUT2D eigenvalue weighted by Gasteiger charge is -2.31. The molecule has 0 aliphatic carbocycles. The van der Waals surface area contributed by atoms with Gasteiger partial charge in [0.25, 0.3) is 5.91 Å². The number of hydrogen-bond acceptors (Lipinski definition) is 5. The molecule has 1 aromatic carbocycles. The summed E-state index contributed by atoms with van der Waals surface area (Å²) in [5.74, 6) is -1.73. The minimum Gasteiger partial charge on any atom is -0.480 e. The molecule has 0 bridgehead atoms. The van der Waals surface area contributed by atoms with Crippen molar-refractivity contribution in [1.82, 2.24) is 10.2 Å². The second kappa shape index (κ2) is 9.99. The van der Waals surface area contributed by atoms with E-state index in [2.05, 4.69) is 5.32 Å². The van der Waals surface area contributed by atoms with Crippen molar-refractivity contribution in [2.24, 2.45) is 5.92 Å².